The molecule has 1 aliphatic rings. The lowest BCUT2D eigenvalue weighted by atomic mass is 9.82. The van der Waals surface area contributed by atoms with E-state index in [-0.39, 0.29) is 5.41 Å². The normalized spacial score (nSPS) is 12.9. The summed E-state index contributed by atoms with van der Waals surface area (Å²) in [6.45, 7) is 8.92. The number of aryl methyl sites for hydroxylation is 1. The smallest absolute Gasteiger partial charge is 0.164 e. The molecule has 0 saturated heterocycles. The lowest BCUT2D eigenvalue weighted by Crippen LogP contribution is -2.14. The van der Waals surface area contributed by atoms with Crippen LogP contribution >= 0.6 is 11.3 Å². The first-order valence-electron chi connectivity index (χ1n) is 19.9. The van der Waals surface area contributed by atoms with Crippen molar-refractivity contribution in [2.24, 2.45) is 0 Å². The molecule has 278 valence electrons. The van der Waals surface area contributed by atoms with Gasteiger partial charge in [-0.05, 0) is 93.2 Å². The fourth-order valence-electron chi connectivity index (χ4n) is 8.70. The summed E-state index contributed by atoms with van der Waals surface area (Å²) >= 11 is 1.87. The predicted octanol–water partition coefficient (Wildman–Crippen LogP) is 14.7. The highest BCUT2D eigenvalue weighted by atomic mass is 32.1. The van der Waals surface area contributed by atoms with Crippen molar-refractivity contribution in [3.8, 4) is 78.7 Å². The van der Waals surface area contributed by atoms with Gasteiger partial charge in [-0.15, -0.1) is 11.3 Å². The van der Waals surface area contributed by atoms with Gasteiger partial charge in [-0.2, -0.15) is 0 Å². The largest absolute Gasteiger partial charge is 0.208 e. The lowest BCUT2D eigenvalue weighted by Gasteiger charge is -2.21. The summed E-state index contributed by atoms with van der Waals surface area (Å²) in [5, 5.41) is 1.31. The van der Waals surface area contributed by atoms with Crippen LogP contribution in [0.4, 0.5) is 0 Å². The number of rotatable bonds is 7. The lowest BCUT2D eigenvalue weighted by molar-refractivity contribution is 0.660. The van der Waals surface area contributed by atoms with Gasteiger partial charge in [0.2, 0.25) is 0 Å². The molecule has 0 spiro atoms. The van der Waals surface area contributed by atoms with Gasteiger partial charge in [0, 0.05) is 37.1 Å². The van der Waals surface area contributed by atoms with Gasteiger partial charge in [-0.1, -0.05) is 172 Å². The Morgan fingerprint density at radius 2 is 1.00 bits per heavy atom. The van der Waals surface area contributed by atoms with E-state index in [9.17, 15) is 0 Å². The molecule has 0 amide bonds. The van der Waals surface area contributed by atoms with Crippen molar-refractivity contribution in [3.63, 3.8) is 0 Å². The van der Waals surface area contributed by atoms with Gasteiger partial charge in [0.25, 0.3) is 0 Å². The predicted molar refractivity (Wildman–Crippen MR) is 245 cm³/mol. The van der Waals surface area contributed by atoms with E-state index in [0.29, 0.717) is 17.5 Å². The molecule has 0 fully saturated rings. The Morgan fingerprint density at radius 1 is 0.466 bits per heavy atom. The van der Waals surface area contributed by atoms with Crippen LogP contribution in [0, 0.1) is 6.92 Å². The van der Waals surface area contributed by atoms with Crippen molar-refractivity contribution in [1.29, 1.82) is 0 Å². The molecular weight excluding hydrogens is 723 g/mol. The van der Waals surface area contributed by atoms with E-state index in [1.54, 1.807) is 0 Å². The van der Waals surface area contributed by atoms with Crippen LogP contribution in [0.1, 0.15) is 42.3 Å². The fourth-order valence-corrected chi connectivity index (χ4v) is 9.88. The minimum Gasteiger partial charge on any atom is -0.208 e. The molecule has 58 heavy (non-hydrogen) atoms. The quantitative estimate of drug-likeness (QED) is 0.162. The summed E-state index contributed by atoms with van der Waals surface area (Å²) in [4.78, 5) is 17.1. The Balaban J connectivity index is 1.14. The molecule has 2 aromatic heterocycles. The maximum absolute atomic E-state index is 5.35. The van der Waals surface area contributed by atoms with E-state index in [2.05, 4.69) is 185 Å². The van der Waals surface area contributed by atoms with E-state index < -0.39 is 0 Å². The highest BCUT2D eigenvalue weighted by Gasteiger charge is 2.37. The topological polar surface area (TPSA) is 38.7 Å². The zero-order valence-corrected chi connectivity index (χ0v) is 33.8. The number of hydrogen-bond donors (Lipinski definition) is 0. The molecule has 0 radical (unpaired) electrons. The van der Waals surface area contributed by atoms with Crippen molar-refractivity contribution >= 4 is 27.5 Å². The van der Waals surface area contributed by atoms with Crippen molar-refractivity contribution < 1.29 is 0 Å². The number of aromatic nitrogens is 3. The van der Waals surface area contributed by atoms with Gasteiger partial charge in [0.1, 0.15) is 0 Å². The Bertz CT molecular complexity index is 3030. The SMILES string of the molecule is C/C=C\c1c(C)sc2c(-c3ccc(-c4cc(-c5ccccc5)cc(-c5nc(-c6ccccc6)nc(-c6cccc7c6-c6ccccc6C7(C)C)n5)c4)cc3)cccc12. The van der Waals surface area contributed by atoms with Crippen LogP contribution in [0.5, 0.6) is 0 Å². The van der Waals surface area contributed by atoms with E-state index in [4.69, 9.17) is 15.0 Å². The van der Waals surface area contributed by atoms with Crippen LogP contribution in [0.25, 0.3) is 94.8 Å². The van der Waals surface area contributed by atoms with Crippen molar-refractivity contribution in [2.45, 2.75) is 33.1 Å². The highest BCUT2D eigenvalue weighted by Crippen LogP contribution is 2.51. The van der Waals surface area contributed by atoms with Gasteiger partial charge >= 0.3 is 0 Å². The third-order valence-electron chi connectivity index (χ3n) is 11.6. The number of fused-ring (bicyclic) bond motifs is 4. The molecule has 0 unspecified atom stereocenters. The second-order valence-electron chi connectivity index (χ2n) is 15.6. The fraction of sp³-hybridized carbons (Fsp3) is 0.0926. The summed E-state index contributed by atoms with van der Waals surface area (Å²) in [5.74, 6) is 1.95. The summed E-state index contributed by atoms with van der Waals surface area (Å²) in [7, 11) is 0. The molecule has 0 N–H and O–H groups in total. The number of allylic oxidation sites excluding steroid dienone is 1. The van der Waals surface area contributed by atoms with E-state index in [1.807, 2.05) is 29.5 Å². The second kappa shape index (κ2) is 14.3. The number of hydrogen-bond acceptors (Lipinski definition) is 4. The molecule has 0 saturated carbocycles. The Morgan fingerprint density at radius 3 is 1.72 bits per heavy atom. The number of nitrogens with zero attached hydrogens (tertiary/aromatic N) is 3. The van der Waals surface area contributed by atoms with Gasteiger partial charge in [-0.25, -0.2) is 15.0 Å². The third-order valence-corrected chi connectivity index (χ3v) is 12.8. The van der Waals surface area contributed by atoms with Gasteiger partial charge in [-0.3, -0.25) is 0 Å². The van der Waals surface area contributed by atoms with Crippen molar-refractivity contribution in [1.82, 2.24) is 15.0 Å². The van der Waals surface area contributed by atoms with Gasteiger partial charge < -0.3 is 0 Å². The number of thiophene rings is 1. The maximum Gasteiger partial charge on any atom is 0.164 e. The molecule has 10 rings (SSSR count). The summed E-state index contributed by atoms with van der Waals surface area (Å²) in [6.07, 6.45) is 4.35. The standard InChI is InChI=1S/C54H41N3S/c1-5-16-42-34(2)58-50-43(22-14-23-44(42)50)37-29-27-36(28-30-37)40-31-39(35-17-8-6-9-18-35)32-41(33-40)52-55-51(38-19-10-7-11-20-38)56-53(57-52)46-24-15-26-48-49(46)45-21-12-13-25-47(45)54(48,3)4/h5-33H,1-4H3/b16-5-. The van der Waals surface area contributed by atoms with E-state index >= 15 is 0 Å². The van der Waals surface area contributed by atoms with Crippen LogP contribution in [-0.4, -0.2) is 15.0 Å². The molecule has 0 aliphatic heterocycles. The average Bonchev–Trinajstić information content (AvgIpc) is 3.73. The first-order chi connectivity index (χ1) is 28.4. The zero-order chi connectivity index (χ0) is 39.4. The summed E-state index contributed by atoms with van der Waals surface area (Å²) in [5.41, 5.74) is 16.0. The van der Waals surface area contributed by atoms with Crippen molar-refractivity contribution in [2.75, 3.05) is 0 Å². The molecule has 1 aliphatic carbocycles. The van der Waals surface area contributed by atoms with Gasteiger partial charge in [0.05, 0.1) is 0 Å². The molecule has 7 aromatic carbocycles. The molecule has 2 heterocycles. The molecule has 3 nitrogen and oxygen atoms in total. The first-order valence-corrected chi connectivity index (χ1v) is 20.7. The van der Waals surface area contributed by atoms with E-state index in [1.165, 1.54) is 53.9 Å². The third kappa shape index (κ3) is 6.09. The Kier molecular flexibility index (Phi) is 8.80. The minimum atomic E-state index is -0.140. The Labute approximate surface area is 344 Å². The van der Waals surface area contributed by atoms with E-state index in [0.717, 1.165) is 38.9 Å². The van der Waals surface area contributed by atoms with Crippen LogP contribution in [0.3, 0.4) is 0 Å². The minimum absolute atomic E-state index is 0.140. The molecular formula is C54H41N3S. The van der Waals surface area contributed by atoms with Crippen LogP contribution in [-0.2, 0) is 5.41 Å². The molecule has 4 heteroatoms. The van der Waals surface area contributed by atoms with Gasteiger partial charge in [0.15, 0.2) is 17.5 Å². The Hall–Kier alpha value is -6.75. The average molecular weight is 764 g/mol. The molecule has 0 atom stereocenters. The van der Waals surface area contributed by atoms with Crippen LogP contribution in [0.15, 0.2) is 170 Å². The second-order valence-corrected chi connectivity index (χ2v) is 16.8. The zero-order valence-electron chi connectivity index (χ0n) is 33.0. The molecule has 9 aromatic rings. The first kappa shape index (κ1) is 35.6. The van der Waals surface area contributed by atoms with Crippen LogP contribution in [0.2, 0.25) is 0 Å². The van der Waals surface area contributed by atoms with Crippen LogP contribution < -0.4 is 0 Å². The highest BCUT2D eigenvalue weighted by molar-refractivity contribution is 7.20. The maximum atomic E-state index is 5.35. The number of benzene rings is 7. The van der Waals surface area contributed by atoms with Crippen molar-refractivity contribution in [3.05, 3.63) is 191 Å². The summed E-state index contributed by atoms with van der Waals surface area (Å²) in [6, 6.07) is 58.5. The monoisotopic (exact) mass is 763 g/mol. The summed E-state index contributed by atoms with van der Waals surface area (Å²) < 4.78 is 1.32. The molecule has 0 bridgehead atoms.